The zero-order chi connectivity index (χ0) is 8.81. The summed E-state index contributed by atoms with van der Waals surface area (Å²) < 4.78 is 5.29. The van der Waals surface area contributed by atoms with Gasteiger partial charge in [0.05, 0.1) is 6.61 Å². The predicted molar refractivity (Wildman–Crippen MR) is 57.4 cm³/mol. The van der Waals surface area contributed by atoms with E-state index in [2.05, 4.69) is 4.90 Å². The Balaban J connectivity index is 0.00000144. The lowest BCUT2D eigenvalue weighted by Crippen LogP contribution is -2.41. The van der Waals surface area contributed by atoms with E-state index in [4.69, 9.17) is 10.5 Å². The minimum absolute atomic E-state index is 0. The van der Waals surface area contributed by atoms with Crippen LogP contribution in [0, 0.1) is 0 Å². The highest BCUT2D eigenvalue weighted by atomic mass is 35.5. The van der Waals surface area contributed by atoms with Crippen LogP contribution in [0.4, 0.5) is 0 Å². The number of ether oxygens (including phenoxy) is 1. The minimum atomic E-state index is 0. The van der Waals surface area contributed by atoms with Crippen molar-refractivity contribution >= 4 is 12.4 Å². The Morgan fingerprint density at radius 1 is 1.38 bits per heavy atom. The van der Waals surface area contributed by atoms with Crippen molar-refractivity contribution in [3.05, 3.63) is 0 Å². The van der Waals surface area contributed by atoms with E-state index in [1.54, 1.807) is 0 Å². The molecule has 0 aromatic heterocycles. The van der Waals surface area contributed by atoms with Crippen molar-refractivity contribution in [2.24, 2.45) is 5.73 Å². The van der Waals surface area contributed by atoms with Crippen molar-refractivity contribution < 1.29 is 4.74 Å². The van der Waals surface area contributed by atoms with Gasteiger partial charge in [0.15, 0.2) is 0 Å². The van der Waals surface area contributed by atoms with Crippen LogP contribution in [0.25, 0.3) is 0 Å². The Morgan fingerprint density at radius 3 is 2.54 bits per heavy atom. The van der Waals surface area contributed by atoms with Crippen LogP contribution in [-0.4, -0.2) is 43.8 Å². The molecule has 2 N–H and O–H groups in total. The molecule has 1 heterocycles. The third-order valence-corrected chi connectivity index (χ3v) is 2.39. The van der Waals surface area contributed by atoms with E-state index in [9.17, 15) is 0 Å². The van der Waals surface area contributed by atoms with E-state index in [0.717, 1.165) is 45.7 Å². The molecule has 80 valence electrons. The van der Waals surface area contributed by atoms with Crippen molar-refractivity contribution in [2.75, 3.05) is 32.8 Å². The molecule has 0 atom stereocenters. The van der Waals surface area contributed by atoms with Crippen LogP contribution in [0.1, 0.15) is 19.8 Å². The maximum atomic E-state index is 5.79. The summed E-state index contributed by atoms with van der Waals surface area (Å²) in [6, 6.07) is 0.438. The highest BCUT2D eigenvalue weighted by Gasteiger charge is 2.14. The standard InChI is InChI=1S/C9H20N2O.ClH/c1-2-12-8-7-11-5-3-9(10)4-6-11;/h9H,2-8,10H2,1H3;1H. The molecule has 4 heteroatoms. The first-order valence-electron chi connectivity index (χ1n) is 4.88. The highest BCUT2D eigenvalue weighted by Crippen LogP contribution is 2.06. The van der Waals surface area contributed by atoms with Gasteiger partial charge in [-0.15, -0.1) is 12.4 Å². The van der Waals surface area contributed by atoms with E-state index in [1.807, 2.05) is 6.92 Å². The lowest BCUT2D eigenvalue weighted by molar-refractivity contribution is 0.102. The highest BCUT2D eigenvalue weighted by molar-refractivity contribution is 5.85. The molecule has 0 aromatic carbocycles. The molecule has 0 aromatic rings. The van der Waals surface area contributed by atoms with E-state index in [0.29, 0.717) is 6.04 Å². The number of likely N-dealkylation sites (tertiary alicyclic amines) is 1. The fraction of sp³-hybridized carbons (Fsp3) is 1.00. The molecule has 0 amide bonds. The van der Waals surface area contributed by atoms with Crippen LogP contribution in [0.3, 0.4) is 0 Å². The smallest absolute Gasteiger partial charge is 0.0593 e. The molecule has 0 spiro atoms. The predicted octanol–water partition coefficient (Wildman–Crippen LogP) is 0.868. The molecule has 0 radical (unpaired) electrons. The number of hydrogen-bond acceptors (Lipinski definition) is 3. The second kappa shape index (κ2) is 7.56. The average molecular weight is 209 g/mol. The molecule has 13 heavy (non-hydrogen) atoms. The zero-order valence-electron chi connectivity index (χ0n) is 8.37. The lowest BCUT2D eigenvalue weighted by atomic mass is 10.1. The van der Waals surface area contributed by atoms with Gasteiger partial charge in [-0.3, -0.25) is 0 Å². The summed E-state index contributed by atoms with van der Waals surface area (Å²) in [6.07, 6.45) is 2.29. The van der Waals surface area contributed by atoms with Gasteiger partial charge in [0.2, 0.25) is 0 Å². The summed E-state index contributed by atoms with van der Waals surface area (Å²) in [7, 11) is 0. The zero-order valence-corrected chi connectivity index (χ0v) is 9.18. The molecule has 3 nitrogen and oxygen atoms in total. The maximum absolute atomic E-state index is 5.79. The molecule has 1 fully saturated rings. The SMILES string of the molecule is CCOCCN1CCC(N)CC1.Cl. The second-order valence-corrected chi connectivity index (χ2v) is 3.38. The first kappa shape index (κ1) is 13.2. The molecule has 0 aliphatic carbocycles. The lowest BCUT2D eigenvalue weighted by Gasteiger charge is -2.29. The van der Waals surface area contributed by atoms with Gasteiger partial charge >= 0.3 is 0 Å². The summed E-state index contributed by atoms with van der Waals surface area (Å²) in [5.41, 5.74) is 5.79. The third kappa shape index (κ3) is 5.47. The summed E-state index contributed by atoms with van der Waals surface area (Å²) in [6.45, 7) is 7.09. The monoisotopic (exact) mass is 208 g/mol. The molecule has 0 unspecified atom stereocenters. The maximum Gasteiger partial charge on any atom is 0.0593 e. The van der Waals surface area contributed by atoms with Gasteiger partial charge in [-0.1, -0.05) is 0 Å². The van der Waals surface area contributed by atoms with Crippen LogP contribution < -0.4 is 5.73 Å². The van der Waals surface area contributed by atoms with Gasteiger partial charge in [-0.05, 0) is 32.9 Å². The van der Waals surface area contributed by atoms with E-state index >= 15 is 0 Å². The van der Waals surface area contributed by atoms with Crippen molar-refractivity contribution in [3.8, 4) is 0 Å². The first-order chi connectivity index (χ1) is 5.83. The number of hydrogen-bond donors (Lipinski definition) is 1. The van der Waals surface area contributed by atoms with Gasteiger partial charge < -0.3 is 15.4 Å². The minimum Gasteiger partial charge on any atom is -0.380 e. The number of rotatable bonds is 4. The summed E-state index contributed by atoms with van der Waals surface area (Å²) in [5.74, 6) is 0. The van der Waals surface area contributed by atoms with Gasteiger partial charge in [-0.2, -0.15) is 0 Å². The normalized spacial score (nSPS) is 19.8. The first-order valence-corrected chi connectivity index (χ1v) is 4.88. The van der Waals surface area contributed by atoms with Crippen LogP contribution in [0.15, 0.2) is 0 Å². The van der Waals surface area contributed by atoms with E-state index in [-0.39, 0.29) is 12.4 Å². The van der Waals surface area contributed by atoms with Crippen molar-refractivity contribution in [3.63, 3.8) is 0 Å². The number of nitrogens with zero attached hydrogens (tertiary/aromatic N) is 1. The Kier molecular flexibility index (Phi) is 7.66. The molecular weight excluding hydrogens is 188 g/mol. The van der Waals surface area contributed by atoms with Crippen molar-refractivity contribution in [1.82, 2.24) is 4.90 Å². The quantitative estimate of drug-likeness (QED) is 0.697. The summed E-state index contributed by atoms with van der Waals surface area (Å²) in [4.78, 5) is 2.43. The molecule has 1 saturated heterocycles. The Bertz CT molecular complexity index is 116. The second-order valence-electron chi connectivity index (χ2n) is 3.38. The number of piperidine rings is 1. The Labute approximate surface area is 87.0 Å². The Morgan fingerprint density at radius 2 is 2.00 bits per heavy atom. The van der Waals surface area contributed by atoms with Crippen LogP contribution in [-0.2, 0) is 4.74 Å². The summed E-state index contributed by atoms with van der Waals surface area (Å²) >= 11 is 0. The van der Waals surface area contributed by atoms with Gasteiger partial charge in [0, 0.05) is 19.2 Å². The Hall–Kier alpha value is 0.170. The van der Waals surface area contributed by atoms with E-state index in [1.165, 1.54) is 0 Å². The fourth-order valence-corrected chi connectivity index (χ4v) is 1.51. The fourth-order valence-electron chi connectivity index (χ4n) is 1.51. The molecule has 0 bridgehead atoms. The van der Waals surface area contributed by atoms with Crippen molar-refractivity contribution in [2.45, 2.75) is 25.8 Å². The topological polar surface area (TPSA) is 38.5 Å². The number of nitrogens with two attached hydrogens (primary N) is 1. The molecule has 1 aliphatic rings. The van der Waals surface area contributed by atoms with E-state index < -0.39 is 0 Å². The largest absolute Gasteiger partial charge is 0.380 e. The summed E-state index contributed by atoms with van der Waals surface area (Å²) in [5, 5.41) is 0. The molecule has 0 saturated carbocycles. The van der Waals surface area contributed by atoms with Gasteiger partial charge in [0.1, 0.15) is 0 Å². The molecule has 1 rings (SSSR count). The third-order valence-electron chi connectivity index (χ3n) is 2.39. The number of halogens is 1. The molecular formula is C9H21ClN2O. The van der Waals surface area contributed by atoms with Crippen molar-refractivity contribution in [1.29, 1.82) is 0 Å². The average Bonchev–Trinajstić information content (AvgIpc) is 2.09. The van der Waals surface area contributed by atoms with Gasteiger partial charge in [0.25, 0.3) is 0 Å². The van der Waals surface area contributed by atoms with Crippen LogP contribution in [0.5, 0.6) is 0 Å². The van der Waals surface area contributed by atoms with Crippen LogP contribution in [0.2, 0.25) is 0 Å². The van der Waals surface area contributed by atoms with Crippen LogP contribution >= 0.6 is 12.4 Å². The van der Waals surface area contributed by atoms with Gasteiger partial charge in [-0.25, -0.2) is 0 Å². The molecule has 1 aliphatic heterocycles.